The number of fused-ring (bicyclic) bond motifs is 1. The zero-order valence-electron chi connectivity index (χ0n) is 8.90. The van der Waals surface area contributed by atoms with E-state index >= 15 is 0 Å². The number of ether oxygens (including phenoxy) is 1. The molecule has 0 aromatic heterocycles. The Balaban J connectivity index is 2.71. The Morgan fingerprint density at radius 3 is 2.50 bits per heavy atom. The van der Waals surface area contributed by atoms with Crippen molar-refractivity contribution in [3.8, 4) is 5.75 Å². The third kappa shape index (κ3) is 1.72. The van der Waals surface area contributed by atoms with Crippen LogP contribution in [0.25, 0.3) is 10.8 Å². The predicted molar refractivity (Wildman–Crippen MR) is 59.4 cm³/mol. The summed E-state index contributed by atoms with van der Waals surface area (Å²) >= 11 is 0. The Hall–Kier alpha value is -2.03. The highest BCUT2D eigenvalue weighted by atomic mass is 16.5. The van der Waals surface area contributed by atoms with Crippen LogP contribution < -0.4 is 9.84 Å². The van der Waals surface area contributed by atoms with Crippen LogP contribution in [0.4, 0.5) is 0 Å². The molecule has 0 unspecified atom stereocenters. The molecule has 3 heteroatoms. The lowest BCUT2D eigenvalue weighted by molar-refractivity contribution is -0.254. The van der Waals surface area contributed by atoms with Gasteiger partial charge in [-0.2, -0.15) is 0 Å². The first-order valence-electron chi connectivity index (χ1n) is 5.10. The molecule has 3 nitrogen and oxygen atoms in total. The van der Waals surface area contributed by atoms with Crippen molar-refractivity contribution in [3.63, 3.8) is 0 Å². The molecule has 16 heavy (non-hydrogen) atoms. The molecule has 0 N–H and O–H groups in total. The first kappa shape index (κ1) is 10.5. The summed E-state index contributed by atoms with van der Waals surface area (Å²) in [6.45, 7) is 2.44. The fraction of sp³-hybridized carbons (Fsp3) is 0.154. The minimum Gasteiger partial charge on any atom is -0.545 e. The van der Waals surface area contributed by atoms with Crippen LogP contribution in [0.3, 0.4) is 0 Å². The highest BCUT2D eigenvalue weighted by Crippen LogP contribution is 2.28. The van der Waals surface area contributed by atoms with Crippen LogP contribution in [0, 0.1) is 0 Å². The van der Waals surface area contributed by atoms with E-state index < -0.39 is 5.97 Å². The zero-order valence-corrected chi connectivity index (χ0v) is 8.90. The second-order valence-electron chi connectivity index (χ2n) is 3.38. The summed E-state index contributed by atoms with van der Waals surface area (Å²) < 4.78 is 5.44. The van der Waals surface area contributed by atoms with Crippen molar-refractivity contribution in [2.45, 2.75) is 6.92 Å². The molecule has 0 aliphatic carbocycles. The van der Waals surface area contributed by atoms with Crippen molar-refractivity contribution in [1.82, 2.24) is 0 Å². The van der Waals surface area contributed by atoms with Gasteiger partial charge in [-0.25, -0.2) is 0 Å². The summed E-state index contributed by atoms with van der Waals surface area (Å²) in [6, 6.07) is 10.4. The molecule has 0 radical (unpaired) electrons. The molecule has 0 saturated heterocycles. The number of rotatable bonds is 3. The maximum absolute atomic E-state index is 10.9. The van der Waals surface area contributed by atoms with Gasteiger partial charge in [-0.05, 0) is 24.4 Å². The van der Waals surface area contributed by atoms with E-state index in [0.29, 0.717) is 17.7 Å². The maximum Gasteiger partial charge on any atom is 0.127 e. The number of carbonyl (C=O) groups excluding carboxylic acids is 1. The highest BCUT2D eigenvalue weighted by Gasteiger charge is 2.06. The van der Waals surface area contributed by atoms with Gasteiger partial charge in [0.05, 0.1) is 12.6 Å². The highest BCUT2D eigenvalue weighted by molar-refractivity contribution is 6.04. The summed E-state index contributed by atoms with van der Waals surface area (Å²) in [5.74, 6) is -0.470. The molecule has 2 rings (SSSR count). The average molecular weight is 215 g/mol. The third-order valence-electron chi connectivity index (χ3n) is 2.40. The fourth-order valence-electron chi connectivity index (χ4n) is 1.73. The van der Waals surface area contributed by atoms with E-state index in [9.17, 15) is 9.90 Å². The normalized spacial score (nSPS) is 10.3. The van der Waals surface area contributed by atoms with E-state index in [0.717, 1.165) is 5.39 Å². The van der Waals surface area contributed by atoms with E-state index in [1.165, 1.54) is 6.07 Å². The minimum atomic E-state index is -1.17. The summed E-state index contributed by atoms with van der Waals surface area (Å²) in [4.78, 5) is 10.9. The van der Waals surface area contributed by atoms with Crippen LogP contribution in [0.5, 0.6) is 5.75 Å². The van der Waals surface area contributed by atoms with Crippen LogP contribution in [-0.4, -0.2) is 12.6 Å². The van der Waals surface area contributed by atoms with Crippen molar-refractivity contribution >= 4 is 16.7 Å². The van der Waals surface area contributed by atoms with E-state index in [1.807, 2.05) is 19.1 Å². The predicted octanol–water partition coefficient (Wildman–Crippen LogP) is 1.60. The lowest BCUT2D eigenvalue weighted by atomic mass is 10.0. The largest absolute Gasteiger partial charge is 0.545 e. The lowest BCUT2D eigenvalue weighted by Crippen LogP contribution is -2.22. The van der Waals surface area contributed by atoms with Crippen LogP contribution in [0.2, 0.25) is 0 Å². The Morgan fingerprint density at radius 2 is 1.88 bits per heavy atom. The number of carbonyl (C=O) groups is 1. The van der Waals surface area contributed by atoms with Gasteiger partial charge in [0.2, 0.25) is 0 Å². The van der Waals surface area contributed by atoms with Gasteiger partial charge in [-0.3, -0.25) is 0 Å². The second kappa shape index (κ2) is 4.23. The summed E-state index contributed by atoms with van der Waals surface area (Å²) in [5.41, 5.74) is 0.194. The van der Waals surface area contributed by atoms with Gasteiger partial charge in [-0.1, -0.05) is 24.3 Å². The fourth-order valence-corrected chi connectivity index (χ4v) is 1.73. The van der Waals surface area contributed by atoms with Crippen molar-refractivity contribution in [2.75, 3.05) is 6.61 Å². The summed E-state index contributed by atoms with van der Waals surface area (Å²) in [5, 5.41) is 12.4. The maximum atomic E-state index is 10.9. The zero-order chi connectivity index (χ0) is 11.5. The number of benzene rings is 2. The molecule has 0 fully saturated rings. The van der Waals surface area contributed by atoms with Gasteiger partial charge in [0.15, 0.2) is 0 Å². The van der Waals surface area contributed by atoms with Gasteiger partial charge in [-0.15, -0.1) is 0 Å². The van der Waals surface area contributed by atoms with E-state index in [1.54, 1.807) is 18.2 Å². The van der Waals surface area contributed by atoms with Crippen molar-refractivity contribution in [2.24, 2.45) is 0 Å². The Bertz CT molecular complexity index is 532. The number of carboxylic acid groups (broad SMARTS) is 1. The van der Waals surface area contributed by atoms with Gasteiger partial charge in [0, 0.05) is 10.9 Å². The van der Waals surface area contributed by atoms with Gasteiger partial charge in [0.1, 0.15) is 5.75 Å². The molecule has 0 saturated carbocycles. The molecule has 0 bridgehead atoms. The average Bonchev–Trinajstić information content (AvgIpc) is 2.29. The lowest BCUT2D eigenvalue weighted by Gasteiger charge is -2.11. The van der Waals surface area contributed by atoms with E-state index in [-0.39, 0.29) is 5.56 Å². The van der Waals surface area contributed by atoms with Gasteiger partial charge < -0.3 is 14.6 Å². The quantitative estimate of drug-likeness (QED) is 0.781. The summed E-state index contributed by atoms with van der Waals surface area (Å²) in [6.07, 6.45) is 0. The molecule has 0 spiro atoms. The Labute approximate surface area is 93.3 Å². The first-order valence-corrected chi connectivity index (χ1v) is 5.10. The van der Waals surface area contributed by atoms with E-state index in [2.05, 4.69) is 0 Å². The molecule has 0 aliphatic heterocycles. The first-order chi connectivity index (χ1) is 7.74. The van der Waals surface area contributed by atoms with Crippen LogP contribution in [-0.2, 0) is 0 Å². The standard InChI is InChI=1S/C13H12O3/c1-2-16-12-8-7-11(13(14)15)9-5-3-4-6-10(9)12/h3-8H,2H2,1H3,(H,14,15)/p-1. The molecule has 0 aliphatic rings. The number of aromatic carboxylic acids is 1. The monoisotopic (exact) mass is 215 g/mol. The molecule has 0 atom stereocenters. The van der Waals surface area contributed by atoms with Crippen molar-refractivity contribution in [1.29, 1.82) is 0 Å². The second-order valence-corrected chi connectivity index (χ2v) is 3.38. The molecule has 0 heterocycles. The summed E-state index contributed by atoms with van der Waals surface area (Å²) in [7, 11) is 0. The van der Waals surface area contributed by atoms with Crippen molar-refractivity contribution in [3.05, 3.63) is 42.0 Å². The minimum absolute atomic E-state index is 0.194. The van der Waals surface area contributed by atoms with Crippen LogP contribution >= 0.6 is 0 Å². The Kier molecular flexibility index (Phi) is 2.77. The Morgan fingerprint density at radius 1 is 1.19 bits per heavy atom. The van der Waals surface area contributed by atoms with Gasteiger partial charge >= 0.3 is 0 Å². The van der Waals surface area contributed by atoms with Crippen LogP contribution in [0.1, 0.15) is 17.3 Å². The van der Waals surface area contributed by atoms with E-state index in [4.69, 9.17) is 4.74 Å². The number of hydrogen-bond acceptors (Lipinski definition) is 3. The van der Waals surface area contributed by atoms with Gasteiger partial charge in [0.25, 0.3) is 0 Å². The molecule has 0 amide bonds. The smallest absolute Gasteiger partial charge is 0.127 e. The SMILES string of the molecule is CCOc1ccc(C(=O)[O-])c2ccccc12. The molecule has 2 aromatic rings. The molecular weight excluding hydrogens is 204 g/mol. The molecular formula is C13H11O3-. The number of carboxylic acids is 1. The molecule has 2 aromatic carbocycles. The topological polar surface area (TPSA) is 49.4 Å². The number of hydrogen-bond donors (Lipinski definition) is 0. The van der Waals surface area contributed by atoms with Crippen LogP contribution in [0.15, 0.2) is 36.4 Å². The van der Waals surface area contributed by atoms with Crippen molar-refractivity contribution < 1.29 is 14.6 Å². The third-order valence-corrected chi connectivity index (χ3v) is 2.40. The molecule has 82 valence electrons.